The van der Waals surface area contributed by atoms with Crippen LogP contribution in [0, 0.1) is 0 Å². The topological polar surface area (TPSA) is 44.8 Å². The number of carbonyl (C=O) groups excluding carboxylic acids is 1. The third-order valence-electron chi connectivity index (χ3n) is 3.62. The van der Waals surface area contributed by atoms with Crippen LogP contribution in [0.15, 0.2) is 0 Å². The Morgan fingerprint density at radius 1 is 1.00 bits per heavy atom. The molecule has 0 N–H and O–H groups in total. The molecule has 138 valence electrons. The zero-order valence-electron chi connectivity index (χ0n) is 15.6. The Morgan fingerprint density at radius 2 is 1.61 bits per heavy atom. The number of carbonyl (C=O) groups is 1. The van der Waals surface area contributed by atoms with Gasteiger partial charge in [-0.3, -0.25) is 4.79 Å². The van der Waals surface area contributed by atoms with Crippen molar-refractivity contribution in [2.45, 2.75) is 90.9 Å². The van der Waals surface area contributed by atoms with Crippen molar-refractivity contribution in [3.05, 3.63) is 0 Å². The van der Waals surface area contributed by atoms with Crippen molar-refractivity contribution in [3.63, 3.8) is 0 Å². The van der Waals surface area contributed by atoms with Gasteiger partial charge in [0.25, 0.3) is 0 Å². The summed E-state index contributed by atoms with van der Waals surface area (Å²) in [6.07, 6.45) is 6.61. The molecular formula is C17H36O4SSi. The number of thiol groups is 1. The molecule has 0 spiro atoms. The average molecular weight is 365 g/mol. The van der Waals surface area contributed by atoms with E-state index in [1.807, 2.05) is 20.8 Å². The molecule has 0 aliphatic rings. The Kier molecular flexibility index (Phi) is 13.5. The van der Waals surface area contributed by atoms with Gasteiger partial charge < -0.3 is 13.3 Å². The summed E-state index contributed by atoms with van der Waals surface area (Å²) >= 11 is 4.58. The van der Waals surface area contributed by atoms with Gasteiger partial charge in [-0.1, -0.05) is 39.5 Å². The zero-order chi connectivity index (χ0) is 17.7. The molecule has 0 rings (SSSR count). The van der Waals surface area contributed by atoms with Crippen LogP contribution in [-0.2, 0) is 18.1 Å². The minimum absolute atomic E-state index is 0.0272. The summed E-state index contributed by atoms with van der Waals surface area (Å²) < 4.78 is 17.6. The molecule has 6 heteroatoms. The summed E-state index contributed by atoms with van der Waals surface area (Å²) in [5.41, 5.74) is 0. The maximum Gasteiger partial charge on any atom is 0.575 e. The van der Waals surface area contributed by atoms with Crippen LogP contribution >= 0.6 is 12.6 Å². The molecule has 2 atom stereocenters. The van der Waals surface area contributed by atoms with E-state index in [2.05, 4.69) is 26.5 Å². The number of unbranched alkanes of at least 4 members (excludes halogenated alkanes) is 2. The van der Waals surface area contributed by atoms with Gasteiger partial charge in [-0.15, -0.1) is 0 Å². The highest BCUT2D eigenvalue weighted by Crippen LogP contribution is 2.22. The molecule has 0 bridgehead atoms. The van der Waals surface area contributed by atoms with E-state index in [1.54, 1.807) is 0 Å². The monoisotopic (exact) mass is 364 g/mol. The van der Waals surface area contributed by atoms with Gasteiger partial charge >= 0.3 is 8.80 Å². The molecule has 0 heterocycles. The second kappa shape index (κ2) is 13.4. The van der Waals surface area contributed by atoms with Gasteiger partial charge in [0.2, 0.25) is 5.41 Å². The highest BCUT2D eigenvalue weighted by molar-refractivity contribution is 7.81. The van der Waals surface area contributed by atoms with Gasteiger partial charge in [0.15, 0.2) is 0 Å². The molecule has 0 saturated heterocycles. The van der Waals surface area contributed by atoms with Crippen LogP contribution in [0.1, 0.15) is 79.6 Å². The van der Waals surface area contributed by atoms with Crippen LogP contribution in [0.5, 0.6) is 0 Å². The molecule has 2 unspecified atom stereocenters. The molecule has 4 nitrogen and oxygen atoms in total. The van der Waals surface area contributed by atoms with Gasteiger partial charge in [0, 0.05) is 31.0 Å². The van der Waals surface area contributed by atoms with Crippen LogP contribution in [0.4, 0.5) is 0 Å². The molecule has 0 aromatic rings. The Hall–Kier alpha value is 0.117. The van der Waals surface area contributed by atoms with Crippen molar-refractivity contribution in [2.24, 2.45) is 0 Å². The lowest BCUT2D eigenvalue weighted by atomic mass is 10.1. The van der Waals surface area contributed by atoms with Crippen molar-refractivity contribution in [1.29, 1.82) is 0 Å². The Labute approximate surface area is 149 Å². The molecule has 0 amide bonds. The van der Waals surface area contributed by atoms with E-state index in [0.717, 1.165) is 25.7 Å². The first-order valence-corrected chi connectivity index (χ1v) is 11.4. The highest BCUT2D eigenvalue weighted by Gasteiger charge is 2.50. The average Bonchev–Trinajstić information content (AvgIpc) is 2.48. The molecule has 0 radical (unpaired) electrons. The summed E-state index contributed by atoms with van der Waals surface area (Å²) in [5.74, 6) is 0. The SMILES string of the molecule is CCCCCC(S)CC(=O)[Si](OCC)(OCC)OC(C)CCC. The Bertz CT molecular complexity index is 309. The van der Waals surface area contributed by atoms with Gasteiger partial charge in [-0.2, -0.15) is 12.6 Å². The van der Waals surface area contributed by atoms with E-state index in [0.29, 0.717) is 19.6 Å². The molecule has 0 fully saturated rings. The lowest BCUT2D eigenvalue weighted by Gasteiger charge is -2.30. The van der Waals surface area contributed by atoms with Gasteiger partial charge in [0.05, 0.1) is 0 Å². The maximum absolute atomic E-state index is 12.9. The summed E-state index contributed by atoms with van der Waals surface area (Å²) in [6, 6.07) is 0. The third-order valence-corrected chi connectivity index (χ3v) is 7.00. The van der Waals surface area contributed by atoms with Gasteiger partial charge in [0.1, 0.15) is 0 Å². The molecule has 0 aliphatic heterocycles. The molecule has 0 aromatic heterocycles. The standard InChI is InChI=1S/C17H36O4SSi/c1-6-10-11-13-16(22)14-17(18)23(19-8-3,20-9-4)21-15(5)12-7-2/h15-16,22H,6-14H2,1-5H3. The first kappa shape index (κ1) is 23.1. The molecule has 23 heavy (non-hydrogen) atoms. The Morgan fingerprint density at radius 3 is 2.09 bits per heavy atom. The quantitative estimate of drug-likeness (QED) is 0.262. The van der Waals surface area contributed by atoms with E-state index in [9.17, 15) is 4.79 Å². The predicted molar refractivity (Wildman–Crippen MR) is 101 cm³/mol. The first-order chi connectivity index (χ1) is 11.0. The summed E-state index contributed by atoms with van der Waals surface area (Å²) in [4.78, 5) is 12.9. The van der Waals surface area contributed by atoms with Crippen LogP contribution in [0.3, 0.4) is 0 Å². The van der Waals surface area contributed by atoms with Crippen molar-refractivity contribution in [3.8, 4) is 0 Å². The van der Waals surface area contributed by atoms with Crippen LogP contribution in [-0.4, -0.2) is 38.8 Å². The largest absolute Gasteiger partial charge is 0.575 e. The molecule has 0 aromatic carbocycles. The minimum Gasteiger partial charge on any atom is -0.369 e. The molecule has 0 saturated carbocycles. The zero-order valence-corrected chi connectivity index (χ0v) is 17.5. The van der Waals surface area contributed by atoms with E-state index in [-0.39, 0.29) is 16.8 Å². The van der Waals surface area contributed by atoms with E-state index in [4.69, 9.17) is 13.3 Å². The minimum atomic E-state index is -3.30. The second-order valence-corrected chi connectivity index (χ2v) is 9.13. The van der Waals surface area contributed by atoms with Crippen molar-refractivity contribution in [2.75, 3.05) is 13.2 Å². The van der Waals surface area contributed by atoms with Crippen molar-refractivity contribution < 1.29 is 18.1 Å². The molecule has 0 aliphatic carbocycles. The fourth-order valence-corrected chi connectivity index (χ4v) is 5.61. The lowest BCUT2D eigenvalue weighted by Crippen LogP contribution is -2.56. The van der Waals surface area contributed by atoms with Crippen molar-refractivity contribution >= 4 is 26.8 Å². The fourth-order valence-electron chi connectivity index (χ4n) is 2.52. The van der Waals surface area contributed by atoms with Crippen LogP contribution in [0.2, 0.25) is 0 Å². The maximum atomic E-state index is 12.9. The smallest absolute Gasteiger partial charge is 0.369 e. The summed E-state index contributed by atoms with van der Waals surface area (Å²) in [6.45, 7) is 10.8. The number of hydrogen-bond donors (Lipinski definition) is 1. The highest BCUT2D eigenvalue weighted by atomic mass is 32.1. The van der Waals surface area contributed by atoms with E-state index in [1.165, 1.54) is 12.8 Å². The van der Waals surface area contributed by atoms with E-state index >= 15 is 0 Å². The van der Waals surface area contributed by atoms with Crippen LogP contribution in [0.25, 0.3) is 0 Å². The second-order valence-electron chi connectivity index (χ2n) is 5.92. The van der Waals surface area contributed by atoms with E-state index < -0.39 is 8.80 Å². The Balaban J connectivity index is 4.89. The van der Waals surface area contributed by atoms with Crippen LogP contribution < -0.4 is 0 Å². The predicted octanol–water partition coefficient (Wildman–Crippen LogP) is 4.58. The molecular weight excluding hydrogens is 328 g/mol. The third kappa shape index (κ3) is 9.24. The van der Waals surface area contributed by atoms with Gasteiger partial charge in [-0.05, 0) is 33.6 Å². The summed E-state index contributed by atoms with van der Waals surface area (Å²) in [7, 11) is -3.30. The first-order valence-electron chi connectivity index (χ1n) is 9.12. The number of rotatable bonds is 15. The van der Waals surface area contributed by atoms with Crippen molar-refractivity contribution in [1.82, 2.24) is 0 Å². The number of hydrogen-bond acceptors (Lipinski definition) is 5. The summed E-state index contributed by atoms with van der Waals surface area (Å²) in [5, 5.41) is 0.0209. The van der Waals surface area contributed by atoms with Gasteiger partial charge in [-0.25, -0.2) is 0 Å². The fraction of sp³-hybridized carbons (Fsp3) is 0.941. The lowest BCUT2D eigenvalue weighted by molar-refractivity contribution is -0.120. The normalized spacial score (nSPS) is 14.7.